The molecule has 5 nitrogen and oxygen atoms in total. The summed E-state index contributed by atoms with van der Waals surface area (Å²) in [6, 6.07) is 7.93. The lowest BCUT2D eigenvalue weighted by atomic mass is 10.2. The molecule has 0 spiro atoms. The van der Waals surface area contributed by atoms with Crippen LogP contribution in [0.15, 0.2) is 30.5 Å². The Morgan fingerprint density at radius 1 is 1.35 bits per heavy atom. The Labute approximate surface area is 119 Å². The van der Waals surface area contributed by atoms with Crippen molar-refractivity contribution in [2.75, 3.05) is 26.9 Å². The molecule has 1 aromatic heterocycles. The highest BCUT2D eigenvalue weighted by Gasteiger charge is 2.04. The summed E-state index contributed by atoms with van der Waals surface area (Å²) in [5, 5.41) is 3.28. The summed E-state index contributed by atoms with van der Waals surface area (Å²) in [5.41, 5.74) is 2.08. The van der Waals surface area contributed by atoms with E-state index in [4.69, 9.17) is 9.47 Å². The van der Waals surface area contributed by atoms with Gasteiger partial charge in [-0.3, -0.25) is 0 Å². The van der Waals surface area contributed by atoms with Crippen LogP contribution < -0.4 is 10.1 Å². The fourth-order valence-corrected chi connectivity index (χ4v) is 1.89. The Morgan fingerprint density at radius 3 is 3.05 bits per heavy atom. The summed E-state index contributed by atoms with van der Waals surface area (Å²) in [6.07, 6.45) is 1.85. The number of aromatic nitrogens is 2. The summed E-state index contributed by atoms with van der Waals surface area (Å²) < 4.78 is 10.5. The average Bonchev–Trinajstić information content (AvgIpc) is 2.93. The van der Waals surface area contributed by atoms with Gasteiger partial charge in [0.1, 0.15) is 11.6 Å². The zero-order valence-corrected chi connectivity index (χ0v) is 12.0. The first kappa shape index (κ1) is 14.6. The number of aromatic amines is 1. The molecule has 1 heterocycles. The summed E-state index contributed by atoms with van der Waals surface area (Å²) in [5.74, 6) is 1.72. The summed E-state index contributed by atoms with van der Waals surface area (Å²) in [7, 11) is 1.70. The number of hydrogen-bond acceptors (Lipinski definition) is 4. The first-order valence-corrected chi connectivity index (χ1v) is 6.80. The van der Waals surface area contributed by atoms with Crippen LogP contribution in [0.2, 0.25) is 0 Å². The minimum atomic E-state index is 0.663. The fraction of sp³-hybridized carbons (Fsp3) is 0.400. The molecule has 20 heavy (non-hydrogen) atoms. The molecule has 108 valence electrons. The minimum absolute atomic E-state index is 0.663. The van der Waals surface area contributed by atoms with E-state index in [1.54, 1.807) is 7.11 Å². The van der Waals surface area contributed by atoms with Gasteiger partial charge in [-0.15, -0.1) is 0 Å². The lowest BCUT2D eigenvalue weighted by Crippen LogP contribution is -2.18. The molecule has 0 saturated heterocycles. The number of H-pyrrole nitrogens is 1. The topological polar surface area (TPSA) is 59.2 Å². The van der Waals surface area contributed by atoms with Gasteiger partial charge < -0.3 is 19.8 Å². The van der Waals surface area contributed by atoms with E-state index in [0.717, 1.165) is 35.9 Å². The van der Waals surface area contributed by atoms with Gasteiger partial charge in [-0.2, -0.15) is 0 Å². The molecule has 0 fully saturated rings. The molecule has 2 N–H and O–H groups in total. The van der Waals surface area contributed by atoms with Gasteiger partial charge in [0.2, 0.25) is 0 Å². The number of methoxy groups -OCH3 is 1. The number of rotatable bonds is 8. The van der Waals surface area contributed by atoms with E-state index in [0.29, 0.717) is 13.2 Å². The van der Waals surface area contributed by atoms with Gasteiger partial charge in [0.15, 0.2) is 0 Å². The average molecular weight is 275 g/mol. The maximum Gasteiger partial charge on any atom is 0.137 e. The van der Waals surface area contributed by atoms with E-state index in [2.05, 4.69) is 15.3 Å². The molecule has 2 aromatic rings. The van der Waals surface area contributed by atoms with Crippen LogP contribution in [0.4, 0.5) is 0 Å². The highest BCUT2D eigenvalue weighted by Crippen LogP contribution is 2.21. The molecule has 2 rings (SSSR count). The number of hydrogen-bond donors (Lipinski definition) is 2. The molecular weight excluding hydrogens is 254 g/mol. The lowest BCUT2D eigenvalue weighted by Gasteiger charge is -2.04. The zero-order valence-electron chi connectivity index (χ0n) is 12.0. The van der Waals surface area contributed by atoms with Crippen LogP contribution in [0.1, 0.15) is 12.6 Å². The number of nitrogens with one attached hydrogen (secondary N) is 2. The Bertz CT molecular complexity index is 525. The van der Waals surface area contributed by atoms with Crippen LogP contribution >= 0.6 is 0 Å². The number of nitrogens with zero attached hydrogens (tertiary/aromatic N) is 1. The van der Waals surface area contributed by atoms with Gasteiger partial charge in [-0.1, -0.05) is 12.1 Å². The van der Waals surface area contributed by atoms with E-state index in [1.165, 1.54) is 0 Å². The second-order valence-electron chi connectivity index (χ2n) is 4.39. The van der Waals surface area contributed by atoms with Gasteiger partial charge in [0.05, 0.1) is 13.2 Å². The maximum atomic E-state index is 5.50. The summed E-state index contributed by atoms with van der Waals surface area (Å²) in [4.78, 5) is 7.71. The highest BCUT2D eigenvalue weighted by molar-refractivity contribution is 5.57. The molecule has 0 aliphatic carbocycles. The van der Waals surface area contributed by atoms with Crippen molar-refractivity contribution in [3.8, 4) is 17.1 Å². The van der Waals surface area contributed by atoms with E-state index in [1.807, 2.05) is 37.4 Å². The van der Waals surface area contributed by atoms with Crippen molar-refractivity contribution < 1.29 is 9.47 Å². The molecule has 0 saturated carbocycles. The highest BCUT2D eigenvalue weighted by atomic mass is 16.5. The largest absolute Gasteiger partial charge is 0.494 e. The standard InChI is InChI=1S/C15H21N3O2/c1-3-20-14-6-4-5-12(9-14)15-17-11-13(18-15)10-16-7-8-19-2/h4-6,9,11,16H,3,7-8,10H2,1-2H3,(H,17,18). The predicted octanol–water partition coefficient (Wildman–Crippen LogP) is 2.21. The van der Waals surface area contributed by atoms with Crippen LogP contribution in [0.3, 0.4) is 0 Å². The summed E-state index contributed by atoms with van der Waals surface area (Å²) in [6.45, 7) is 4.92. The van der Waals surface area contributed by atoms with Crippen molar-refractivity contribution in [3.63, 3.8) is 0 Å². The van der Waals surface area contributed by atoms with Gasteiger partial charge in [-0.25, -0.2) is 4.98 Å². The van der Waals surface area contributed by atoms with Crippen molar-refractivity contribution in [1.29, 1.82) is 0 Å². The van der Waals surface area contributed by atoms with Gasteiger partial charge in [-0.05, 0) is 19.1 Å². The molecule has 0 aliphatic rings. The van der Waals surface area contributed by atoms with Crippen LogP contribution in [0.25, 0.3) is 11.4 Å². The monoisotopic (exact) mass is 275 g/mol. The van der Waals surface area contributed by atoms with Gasteiger partial charge in [0, 0.05) is 37.7 Å². The first-order valence-electron chi connectivity index (χ1n) is 6.80. The molecule has 0 radical (unpaired) electrons. The molecule has 5 heteroatoms. The molecule has 0 unspecified atom stereocenters. The molecule has 1 aromatic carbocycles. The Morgan fingerprint density at radius 2 is 2.25 bits per heavy atom. The van der Waals surface area contributed by atoms with Gasteiger partial charge >= 0.3 is 0 Å². The van der Waals surface area contributed by atoms with Gasteiger partial charge in [0.25, 0.3) is 0 Å². The van der Waals surface area contributed by atoms with Crippen molar-refractivity contribution in [2.45, 2.75) is 13.5 Å². The third kappa shape index (κ3) is 4.08. The number of benzene rings is 1. The molecular formula is C15H21N3O2. The van der Waals surface area contributed by atoms with E-state index >= 15 is 0 Å². The normalized spacial score (nSPS) is 10.7. The van der Waals surface area contributed by atoms with Crippen LogP contribution in [0.5, 0.6) is 5.75 Å². The second-order valence-corrected chi connectivity index (χ2v) is 4.39. The van der Waals surface area contributed by atoms with Crippen LogP contribution in [-0.2, 0) is 11.3 Å². The number of ether oxygens (including phenoxy) is 2. The van der Waals surface area contributed by atoms with Crippen molar-refractivity contribution in [3.05, 3.63) is 36.2 Å². The molecule has 0 atom stereocenters. The molecule has 0 bridgehead atoms. The third-order valence-corrected chi connectivity index (χ3v) is 2.85. The Kier molecular flexibility index (Phi) is 5.58. The SMILES string of the molecule is CCOc1cccc(-c2ncc(CNCCOC)[nH]2)c1. The van der Waals surface area contributed by atoms with Crippen molar-refractivity contribution in [2.24, 2.45) is 0 Å². The van der Waals surface area contributed by atoms with Crippen LogP contribution in [0, 0.1) is 0 Å². The van der Waals surface area contributed by atoms with E-state index in [-0.39, 0.29) is 0 Å². The summed E-state index contributed by atoms with van der Waals surface area (Å²) >= 11 is 0. The Balaban J connectivity index is 1.99. The predicted molar refractivity (Wildman–Crippen MR) is 78.8 cm³/mol. The Hall–Kier alpha value is -1.85. The third-order valence-electron chi connectivity index (χ3n) is 2.85. The number of imidazole rings is 1. The molecule has 0 amide bonds. The quantitative estimate of drug-likeness (QED) is 0.725. The first-order chi connectivity index (χ1) is 9.83. The van der Waals surface area contributed by atoms with Crippen molar-refractivity contribution >= 4 is 0 Å². The maximum absolute atomic E-state index is 5.50. The van der Waals surface area contributed by atoms with Crippen molar-refractivity contribution in [1.82, 2.24) is 15.3 Å². The smallest absolute Gasteiger partial charge is 0.137 e. The van der Waals surface area contributed by atoms with E-state index in [9.17, 15) is 0 Å². The molecule has 0 aliphatic heterocycles. The minimum Gasteiger partial charge on any atom is -0.494 e. The second kappa shape index (κ2) is 7.67. The van der Waals surface area contributed by atoms with E-state index < -0.39 is 0 Å². The fourth-order valence-electron chi connectivity index (χ4n) is 1.89. The lowest BCUT2D eigenvalue weighted by molar-refractivity contribution is 0.199. The zero-order chi connectivity index (χ0) is 14.2. The van der Waals surface area contributed by atoms with Crippen LogP contribution in [-0.4, -0.2) is 36.8 Å².